The van der Waals surface area contributed by atoms with E-state index >= 15 is 0 Å². The van der Waals surface area contributed by atoms with Crippen LogP contribution in [0.4, 0.5) is 4.79 Å². The van der Waals surface area contributed by atoms with Crippen molar-refractivity contribution in [1.29, 1.82) is 0 Å². The van der Waals surface area contributed by atoms with Crippen LogP contribution in [0.15, 0.2) is 17.5 Å². The normalized spacial score (nSPS) is 13.5. The first-order chi connectivity index (χ1) is 32.6. The minimum atomic E-state index is -1.84. The highest BCUT2D eigenvalue weighted by molar-refractivity contribution is 5.98. The third-order valence-electron chi connectivity index (χ3n) is 9.02. The van der Waals surface area contributed by atoms with E-state index in [4.69, 9.17) is 26.7 Å². The number of carboxylic acid groups (broad SMARTS) is 2. The van der Waals surface area contributed by atoms with Crippen molar-refractivity contribution >= 4 is 77.2 Å². The number of ether oxygens (including phenoxy) is 2. The fraction of sp³-hybridized carbons (Fsp3) is 0.600. The van der Waals surface area contributed by atoms with E-state index in [0.717, 1.165) is 7.11 Å². The maximum absolute atomic E-state index is 13.9. The smallest absolute Gasteiger partial charge is 0.408 e. The number of amides is 9. The lowest BCUT2D eigenvalue weighted by Gasteiger charge is -2.26. The van der Waals surface area contributed by atoms with Crippen LogP contribution in [0.3, 0.4) is 0 Å². The first kappa shape index (κ1) is 59.9. The fourth-order valence-electron chi connectivity index (χ4n) is 5.94. The average molecular weight is 997 g/mol. The zero-order chi connectivity index (χ0) is 53.3. The van der Waals surface area contributed by atoms with Gasteiger partial charge < -0.3 is 84.4 Å². The topological polar surface area (TPSA) is 479 Å². The molecule has 0 bridgehead atoms. The number of aromatic nitrogens is 2. The molecule has 70 heavy (non-hydrogen) atoms. The molecule has 6 atom stereocenters. The van der Waals surface area contributed by atoms with Crippen LogP contribution in [-0.4, -0.2) is 166 Å². The number of aliphatic imine (C=N–C) groups is 1. The van der Waals surface area contributed by atoms with Crippen molar-refractivity contribution in [2.24, 2.45) is 28.1 Å². The predicted molar refractivity (Wildman–Crippen MR) is 241 cm³/mol. The monoisotopic (exact) mass is 996 g/mol. The summed E-state index contributed by atoms with van der Waals surface area (Å²) >= 11 is 0. The van der Waals surface area contributed by atoms with Gasteiger partial charge in [-0.25, -0.2) is 14.6 Å². The Kier molecular flexibility index (Phi) is 25.4. The Bertz CT molecular complexity index is 2050. The van der Waals surface area contributed by atoms with Crippen LogP contribution in [0.5, 0.6) is 0 Å². The number of carbonyl (C=O) groups excluding carboxylic acids is 10. The van der Waals surface area contributed by atoms with Gasteiger partial charge in [0.05, 0.1) is 45.8 Å². The summed E-state index contributed by atoms with van der Waals surface area (Å²) in [6.07, 6.45) is -1.56. The molecule has 9 amide bonds. The van der Waals surface area contributed by atoms with Crippen molar-refractivity contribution in [1.82, 2.24) is 52.5 Å². The summed E-state index contributed by atoms with van der Waals surface area (Å²) in [6.45, 7) is 6.25. The first-order valence-electron chi connectivity index (χ1n) is 21.5. The van der Waals surface area contributed by atoms with Gasteiger partial charge in [-0.2, -0.15) is 0 Å². The lowest BCUT2D eigenvalue weighted by molar-refractivity contribution is -0.146. The molecule has 0 spiro atoms. The van der Waals surface area contributed by atoms with Gasteiger partial charge in [0.15, 0.2) is 5.96 Å². The van der Waals surface area contributed by atoms with Crippen LogP contribution in [0.2, 0.25) is 0 Å². The fourth-order valence-corrected chi connectivity index (χ4v) is 5.94. The highest BCUT2D eigenvalue weighted by Gasteiger charge is 2.34. The summed E-state index contributed by atoms with van der Waals surface area (Å²) in [5, 5.41) is 37.0. The number of imidazole rings is 1. The number of nitrogens with two attached hydrogens (primary N) is 3. The number of carbonyl (C=O) groups is 12. The van der Waals surface area contributed by atoms with Gasteiger partial charge in [0.1, 0.15) is 41.9 Å². The Morgan fingerprint density at radius 2 is 1.17 bits per heavy atom. The molecule has 1 heterocycles. The molecule has 1 rings (SSSR count). The number of nitrogens with one attached hydrogen (secondary N) is 9. The predicted octanol–water partition coefficient (Wildman–Crippen LogP) is -5.40. The third-order valence-corrected chi connectivity index (χ3v) is 9.02. The number of esters is 1. The number of guanidine groups is 1. The molecular weight excluding hydrogens is 933 g/mol. The van der Waals surface area contributed by atoms with E-state index in [-0.39, 0.29) is 49.8 Å². The minimum Gasteiger partial charge on any atom is -0.481 e. The molecule has 0 saturated heterocycles. The van der Waals surface area contributed by atoms with Gasteiger partial charge in [-0.15, -0.1) is 0 Å². The second-order valence-electron chi connectivity index (χ2n) is 16.8. The molecule has 0 radical (unpaired) electrons. The molecule has 1 aromatic heterocycles. The van der Waals surface area contributed by atoms with Crippen molar-refractivity contribution in [3.8, 4) is 0 Å². The molecule has 17 N–H and O–H groups in total. The molecule has 1 aromatic rings. The Labute approximate surface area is 400 Å². The molecule has 6 unspecified atom stereocenters. The van der Waals surface area contributed by atoms with Gasteiger partial charge in [-0.3, -0.25) is 52.9 Å². The largest absolute Gasteiger partial charge is 0.481 e. The molecule has 0 aliphatic rings. The number of aliphatic carboxylic acids is 2. The van der Waals surface area contributed by atoms with Crippen molar-refractivity contribution in [3.63, 3.8) is 0 Å². The number of aromatic amines is 1. The summed E-state index contributed by atoms with van der Waals surface area (Å²) < 4.78 is 9.81. The summed E-state index contributed by atoms with van der Waals surface area (Å²) in [6, 6.07) is -9.50. The van der Waals surface area contributed by atoms with Crippen LogP contribution >= 0.6 is 0 Å². The van der Waals surface area contributed by atoms with Crippen molar-refractivity contribution < 1.29 is 77.2 Å². The molecular formula is C40H64N14O16. The van der Waals surface area contributed by atoms with E-state index < -0.39 is 145 Å². The van der Waals surface area contributed by atoms with Crippen LogP contribution in [0, 0.1) is 5.92 Å². The van der Waals surface area contributed by atoms with E-state index in [2.05, 4.69) is 57.5 Å². The van der Waals surface area contributed by atoms with Crippen LogP contribution in [-0.2, 0) is 68.6 Å². The molecule has 0 saturated carbocycles. The Hall–Kier alpha value is -8.08. The van der Waals surface area contributed by atoms with Gasteiger partial charge in [-0.1, -0.05) is 13.8 Å². The number of carboxylic acids is 2. The van der Waals surface area contributed by atoms with E-state index in [1.54, 1.807) is 13.8 Å². The van der Waals surface area contributed by atoms with Crippen molar-refractivity contribution in [2.75, 3.05) is 26.7 Å². The second-order valence-corrected chi connectivity index (χ2v) is 16.8. The van der Waals surface area contributed by atoms with Gasteiger partial charge in [0.25, 0.3) is 0 Å². The zero-order valence-electron chi connectivity index (χ0n) is 39.5. The lowest BCUT2D eigenvalue weighted by Crippen LogP contribution is -2.59. The van der Waals surface area contributed by atoms with E-state index in [9.17, 15) is 67.7 Å². The van der Waals surface area contributed by atoms with Crippen LogP contribution < -0.4 is 59.7 Å². The van der Waals surface area contributed by atoms with Gasteiger partial charge in [0, 0.05) is 24.9 Å². The van der Waals surface area contributed by atoms with Crippen LogP contribution in [0.25, 0.3) is 0 Å². The zero-order valence-corrected chi connectivity index (χ0v) is 39.5. The maximum Gasteiger partial charge on any atom is 0.408 e. The molecule has 30 nitrogen and oxygen atoms in total. The number of rotatable bonds is 30. The van der Waals surface area contributed by atoms with Gasteiger partial charge in [0.2, 0.25) is 47.3 Å². The van der Waals surface area contributed by atoms with E-state index in [1.165, 1.54) is 33.3 Å². The molecule has 0 fully saturated rings. The van der Waals surface area contributed by atoms with Gasteiger partial charge in [-0.05, 0) is 46.0 Å². The summed E-state index contributed by atoms with van der Waals surface area (Å²) in [7, 11) is 1.09. The quantitative estimate of drug-likeness (QED) is 0.0148. The molecule has 30 heteroatoms. The Morgan fingerprint density at radius 1 is 0.686 bits per heavy atom. The van der Waals surface area contributed by atoms with Gasteiger partial charge >= 0.3 is 24.0 Å². The van der Waals surface area contributed by atoms with Crippen molar-refractivity contribution in [2.45, 2.75) is 121 Å². The summed E-state index contributed by atoms with van der Waals surface area (Å²) in [5.41, 5.74) is 15.3. The highest BCUT2D eigenvalue weighted by atomic mass is 16.6. The van der Waals surface area contributed by atoms with Crippen LogP contribution in [0.1, 0.15) is 78.8 Å². The number of primary amides is 1. The average Bonchev–Trinajstić information content (AvgIpc) is 3.76. The van der Waals surface area contributed by atoms with E-state index in [0.29, 0.717) is 0 Å². The second kappa shape index (κ2) is 29.6. The van der Waals surface area contributed by atoms with Crippen molar-refractivity contribution in [3.05, 3.63) is 18.2 Å². The number of nitrogens with zero attached hydrogens (tertiary/aromatic N) is 2. The first-order valence-corrected chi connectivity index (χ1v) is 21.5. The third kappa shape index (κ3) is 25.2. The Balaban J connectivity index is 3.25. The molecule has 0 aliphatic heterocycles. The molecule has 0 aromatic carbocycles. The SMILES string of the molecule is COC(=O)C(CC(C)C)NC(=O)C(CC(=O)O)NC(=O)C(Cc1cnc[nH]1)NC(=O)C(CCCN=C(N)N)NC(=O)CNC(=O)C(CC(=O)O)NC(=O)CNC(=O)C(CC(N)=O)NC(=O)OC(C)(C)C. The maximum atomic E-state index is 13.9. The number of alkyl carbamates (subject to hydrolysis) is 1. The summed E-state index contributed by atoms with van der Waals surface area (Å²) in [4.78, 5) is 163. The number of hydrogen-bond acceptors (Lipinski definition) is 16. The lowest BCUT2D eigenvalue weighted by atomic mass is 10.0. The molecule has 0 aliphatic carbocycles. The highest BCUT2D eigenvalue weighted by Crippen LogP contribution is 2.10. The number of H-pyrrole nitrogens is 1. The number of methoxy groups -OCH3 is 1. The minimum absolute atomic E-state index is 0.0439. The van der Waals surface area contributed by atoms with E-state index in [1.807, 2.05) is 0 Å². The summed E-state index contributed by atoms with van der Waals surface area (Å²) in [5.74, 6) is -12.9. The number of hydrogen-bond donors (Lipinski definition) is 14. The Morgan fingerprint density at radius 3 is 1.64 bits per heavy atom. The standard InChI is InChI=1S/C40H64N14O16/c1-19(2)10-26(37(67)69-6)53-36(66)25(14-31(60)61)52-35(65)22(11-20-15-44-18-48-20)51-34(64)21(8-7-9-45-38(42)43)49-28(56)16-47-33(63)24(13-30(58)59)50-29(57)17-46-32(62)23(12-27(41)55)54-39(68)70-40(3,4)5/h15,18-19,21-26H,7-14,16-17H2,1-6H3,(H2,41,55)(H,44,48)(H,46,62)(H,47,63)(H,49,56)(H,50,57)(H,51,64)(H,52,65)(H,53,66)(H,54,68)(H,58,59)(H,60,61)(H4,42,43,45). The molecule has 390 valence electrons.